The van der Waals surface area contributed by atoms with Crippen LogP contribution in [0.15, 0.2) is 38.9 Å². The van der Waals surface area contributed by atoms with Gasteiger partial charge in [0.25, 0.3) is 0 Å². The average molecular weight is 411 g/mol. The van der Waals surface area contributed by atoms with Crippen LogP contribution < -0.4 is 10.6 Å². The molecule has 1 fully saturated rings. The molecule has 0 unspecified atom stereocenters. The van der Waals surface area contributed by atoms with Gasteiger partial charge in [0.1, 0.15) is 5.25 Å². The molecule has 1 heterocycles. The SMILES string of the molecule is C/C(=N/N=C1\NC(=O)[C@H](CC(=O)Nc2ccc(Br)cc2)S1)C(C)C. The molecule has 1 aliphatic rings. The first-order valence-corrected chi connectivity index (χ1v) is 9.17. The van der Waals surface area contributed by atoms with E-state index in [9.17, 15) is 9.59 Å². The molecule has 0 spiro atoms. The summed E-state index contributed by atoms with van der Waals surface area (Å²) in [6.07, 6.45) is 0.0818. The minimum Gasteiger partial charge on any atom is -0.326 e. The predicted molar refractivity (Wildman–Crippen MR) is 102 cm³/mol. The van der Waals surface area contributed by atoms with E-state index in [4.69, 9.17) is 0 Å². The minimum atomic E-state index is -0.492. The smallest absolute Gasteiger partial charge is 0.240 e. The lowest BCUT2D eigenvalue weighted by molar-refractivity contribution is -0.122. The van der Waals surface area contributed by atoms with Crippen molar-refractivity contribution in [3.05, 3.63) is 28.7 Å². The van der Waals surface area contributed by atoms with E-state index in [-0.39, 0.29) is 18.2 Å². The number of nitrogens with one attached hydrogen (secondary N) is 2. The lowest BCUT2D eigenvalue weighted by Crippen LogP contribution is -2.28. The van der Waals surface area contributed by atoms with E-state index in [2.05, 4.69) is 36.8 Å². The van der Waals surface area contributed by atoms with Gasteiger partial charge in [-0.05, 0) is 37.1 Å². The number of carbonyl (C=O) groups excluding carboxylic acids is 2. The molecule has 128 valence electrons. The largest absolute Gasteiger partial charge is 0.326 e. The van der Waals surface area contributed by atoms with Crippen molar-refractivity contribution in [3.63, 3.8) is 0 Å². The molecule has 0 aromatic heterocycles. The topological polar surface area (TPSA) is 82.9 Å². The summed E-state index contributed by atoms with van der Waals surface area (Å²) in [6.45, 7) is 5.93. The van der Waals surface area contributed by atoms with Gasteiger partial charge in [-0.25, -0.2) is 0 Å². The summed E-state index contributed by atoms with van der Waals surface area (Å²) in [7, 11) is 0. The monoisotopic (exact) mass is 410 g/mol. The second-order valence-electron chi connectivity index (χ2n) is 5.66. The maximum atomic E-state index is 12.1. The second-order valence-corrected chi connectivity index (χ2v) is 7.76. The number of nitrogens with zero attached hydrogens (tertiary/aromatic N) is 2. The number of anilines is 1. The lowest BCUT2D eigenvalue weighted by atomic mass is 10.1. The summed E-state index contributed by atoms with van der Waals surface area (Å²) in [5.41, 5.74) is 1.58. The molecule has 8 heteroatoms. The number of carbonyl (C=O) groups is 2. The average Bonchev–Trinajstić information content (AvgIpc) is 2.87. The highest BCUT2D eigenvalue weighted by atomic mass is 79.9. The third-order valence-corrected chi connectivity index (χ3v) is 5.01. The van der Waals surface area contributed by atoms with Crippen molar-refractivity contribution in [3.8, 4) is 0 Å². The lowest BCUT2D eigenvalue weighted by Gasteiger charge is -2.07. The molecule has 2 N–H and O–H groups in total. The zero-order valence-electron chi connectivity index (χ0n) is 13.7. The van der Waals surface area contributed by atoms with Crippen LogP contribution in [0, 0.1) is 5.92 Å². The third kappa shape index (κ3) is 5.45. The van der Waals surface area contributed by atoms with Crippen molar-refractivity contribution in [2.75, 3.05) is 5.32 Å². The highest BCUT2D eigenvalue weighted by molar-refractivity contribution is 9.10. The van der Waals surface area contributed by atoms with E-state index < -0.39 is 5.25 Å². The van der Waals surface area contributed by atoms with Crippen LogP contribution in [0.5, 0.6) is 0 Å². The number of benzene rings is 1. The van der Waals surface area contributed by atoms with Crippen LogP contribution in [0.25, 0.3) is 0 Å². The third-order valence-electron chi connectivity index (χ3n) is 3.41. The van der Waals surface area contributed by atoms with Gasteiger partial charge in [0.2, 0.25) is 11.8 Å². The zero-order chi connectivity index (χ0) is 17.7. The van der Waals surface area contributed by atoms with Crippen molar-refractivity contribution < 1.29 is 9.59 Å². The molecule has 6 nitrogen and oxygen atoms in total. The molecule has 1 aromatic carbocycles. The number of thioether (sulfide) groups is 1. The van der Waals surface area contributed by atoms with Crippen molar-refractivity contribution in [1.82, 2.24) is 5.32 Å². The summed E-state index contributed by atoms with van der Waals surface area (Å²) in [5, 5.41) is 13.5. The fourth-order valence-electron chi connectivity index (χ4n) is 1.74. The van der Waals surface area contributed by atoms with Gasteiger partial charge >= 0.3 is 0 Å². The summed E-state index contributed by atoms with van der Waals surface area (Å²) < 4.78 is 0.935. The van der Waals surface area contributed by atoms with Gasteiger partial charge < -0.3 is 10.6 Å². The van der Waals surface area contributed by atoms with Crippen molar-refractivity contribution >= 4 is 56.1 Å². The molecule has 0 bridgehead atoms. The Hall–Kier alpha value is -1.67. The molecule has 1 atom stereocenters. The van der Waals surface area contributed by atoms with Crippen LogP contribution in [0.4, 0.5) is 5.69 Å². The van der Waals surface area contributed by atoms with Crippen LogP contribution in [0.3, 0.4) is 0 Å². The normalized spacial score (nSPS) is 19.7. The molecule has 2 rings (SSSR count). The molecule has 24 heavy (non-hydrogen) atoms. The summed E-state index contributed by atoms with van der Waals surface area (Å²) in [5.74, 6) is -0.140. The Bertz CT molecular complexity index is 686. The van der Waals surface area contributed by atoms with Gasteiger partial charge in [-0.1, -0.05) is 41.5 Å². The molecule has 2 amide bonds. The fraction of sp³-hybridized carbons (Fsp3) is 0.375. The Balaban J connectivity index is 1.92. The van der Waals surface area contributed by atoms with Gasteiger partial charge in [-0.3, -0.25) is 9.59 Å². The molecule has 0 saturated carbocycles. The number of hydrogen-bond donors (Lipinski definition) is 2. The zero-order valence-corrected chi connectivity index (χ0v) is 16.1. The Morgan fingerprint density at radius 1 is 1.38 bits per heavy atom. The maximum absolute atomic E-state index is 12.1. The summed E-state index contributed by atoms with van der Waals surface area (Å²) in [4.78, 5) is 24.0. The van der Waals surface area contributed by atoms with E-state index >= 15 is 0 Å². The van der Waals surface area contributed by atoms with Crippen molar-refractivity contribution in [2.45, 2.75) is 32.4 Å². The molecular formula is C16H19BrN4O2S. The number of amides is 2. The molecule has 1 saturated heterocycles. The van der Waals surface area contributed by atoms with Crippen LogP contribution >= 0.6 is 27.7 Å². The van der Waals surface area contributed by atoms with Gasteiger partial charge in [0, 0.05) is 22.3 Å². The first-order valence-electron chi connectivity index (χ1n) is 7.50. The molecule has 1 aliphatic heterocycles. The van der Waals surface area contributed by atoms with Crippen LogP contribution in [0.1, 0.15) is 27.2 Å². The Labute approximate surface area is 153 Å². The Morgan fingerprint density at radius 3 is 2.67 bits per heavy atom. The number of hydrogen-bond acceptors (Lipinski definition) is 5. The summed E-state index contributed by atoms with van der Waals surface area (Å²) in [6, 6.07) is 7.26. The van der Waals surface area contributed by atoms with Crippen LogP contribution in [0.2, 0.25) is 0 Å². The summed E-state index contributed by atoms with van der Waals surface area (Å²) >= 11 is 4.57. The number of amidine groups is 1. The predicted octanol–water partition coefficient (Wildman–Crippen LogP) is 3.40. The minimum absolute atomic E-state index is 0.0818. The first kappa shape index (κ1) is 18.7. The molecule has 0 radical (unpaired) electrons. The quantitative estimate of drug-likeness (QED) is 0.576. The van der Waals surface area contributed by atoms with Gasteiger partial charge in [0.15, 0.2) is 5.17 Å². The standard InChI is InChI=1S/C16H19BrN4O2S/c1-9(2)10(3)20-21-16-19-15(23)13(24-16)8-14(22)18-12-6-4-11(17)5-7-12/h4-7,9,13H,8H2,1-3H3,(H,18,22)(H,19,21,23)/b20-10-/t13-/m0/s1. The van der Waals surface area contributed by atoms with Crippen molar-refractivity contribution in [1.29, 1.82) is 0 Å². The Kier molecular flexibility index (Phi) is 6.56. The molecule has 1 aromatic rings. The fourth-order valence-corrected chi connectivity index (χ4v) is 2.92. The van der Waals surface area contributed by atoms with E-state index in [1.807, 2.05) is 32.9 Å². The van der Waals surface area contributed by atoms with Crippen LogP contribution in [-0.2, 0) is 9.59 Å². The first-order chi connectivity index (χ1) is 11.3. The highest BCUT2D eigenvalue weighted by Gasteiger charge is 2.32. The highest BCUT2D eigenvalue weighted by Crippen LogP contribution is 2.23. The van der Waals surface area contributed by atoms with Gasteiger partial charge in [0.05, 0.1) is 0 Å². The van der Waals surface area contributed by atoms with Crippen LogP contribution in [-0.4, -0.2) is 27.9 Å². The van der Waals surface area contributed by atoms with E-state index in [0.29, 0.717) is 16.8 Å². The van der Waals surface area contributed by atoms with E-state index in [0.717, 1.165) is 10.2 Å². The molecular weight excluding hydrogens is 392 g/mol. The molecule has 0 aliphatic carbocycles. The number of rotatable bonds is 5. The van der Waals surface area contributed by atoms with Gasteiger partial charge in [-0.15, -0.1) is 5.10 Å². The van der Waals surface area contributed by atoms with Gasteiger partial charge in [-0.2, -0.15) is 5.10 Å². The van der Waals surface area contributed by atoms with E-state index in [1.54, 1.807) is 12.1 Å². The second kappa shape index (κ2) is 8.43. The van der Waals surface area contributed by atoms with Crippen molar-refractivity contribution in [2.24, 2.45) is 16.1 Å². The number of halogens is 1. The Morgan fingerprint density at radius 2 is 2.04 bits per heavy atom. The van der Waals surface area contributed by atoms with E-state index in [1.165, 1.54) is 11.8 Å². The maximum Gasteiger partial charge on any atom is 0.240 e.